The van der Waals surface area contributed by atoms with E-state index in [2.05, 4.69) is 106 Å². The van der Waals surface area contributed by atoms with E-state index in [0.29, 0.717) is 19.3 Å². The summed E-state index contributed by atoms with van der Waals surface area (Å²) in [5.74, 6) is -0.888. The van der Waals surface area contributed by atoms with Crippen molar-refractivity contribution in [3.05, 3.63) is 85.1 Å². The van der Waals surface area contributed by atoms with Crippen molar-refractivity contribution in [1.29, 1.82) is 0 Å². The van der Waals surface area contributed by atoms with Gasteiger partial charge >= 0.3 is 17.9 Å². The van der Waals surface area contributed by atoms with Gasteiger partial charge < -0.3 is 14.2 Å². The second-order valence-corrected chi connectivity index (χ2v) is 23.1. The fourth-order valence-corrected chi connectivity index (χ4v) is 9.93. The summed E-state index contributed by atoms with van der Waals surface area (Å²) in [6, 6.07) is 0. The Morgan fingerprint density at radius 3 is 0.775 bits per heavy atom. The summed E-state index contributed by atoms with van der Waals surface area (Å²) in [6.45, 7) is 6.49. The minimum Gasteiger partial charge on any atom is -0.462 e. The minimum absolute atomic E-state index is 0.0804. The fourth-order valence-electron chi connectivity index (χ4n) is 9.93. The Morgan fingerprint density at radius 1 is 0.263 bits per heavy atom. The van der Waals surface area contributed by atoms with Crippen LogP contribution in [0.3, 0.4) is 0 Å². The molecule has 0 aliphatic rings. The highest BCUT2D eigenvalue weighted by Gasteiger charge is 2.19. The van der Waals surface area contributed by atoms with Crippen molar-refractivity contribution in [2.45, 2.75) is 354 Å². The summed E-state index contributed by atoms with van der Waals surface area (Å²) < 4.78 is 16.9. The van der Waals surface area contributed by atoms with E-state index in [1.54, 1.807) is 0 Å². The van der Waals surface area contributed by atoms with Gasteiger partial charge in [-0.25, -0.2) is 0 Å². The van der Waals surface area contributed by atoms with E-state index in [4.69, 9.17) is 14.2 Å². The largest absolute Gasteiger partial charge is 0.462 e. The van der Waals surface area contributed by atoms with E-state index in [-0.39, 0.29) is 31.1 Å². The average molecular weight is 1120 g/mol. The molecule has 0 spiro atoms. The molecule has 0 aliphatic carbocycles. The lowest BCUT2D eigenvalue weighted by atomic mass is 10.0. The van der Waals surface area contributed by atoms with Crippen LogP contribution in [0, 0.1) is 0 Å². The van der Waals surface area contributed by atoms with Crippen molar-refractivity contribution in [3.63, 3.8) is 0 Å². The summed E-state index contributed by atoms with van der Waals surface area (Å²) in [6.07, 6.45) is 90.6. The monoisotopic (exact) mass is 1110 g/mol. The van der Waals surface area contributed by atoms with E-state index >= 15 is 0 Å². The highest BCUT2D eigenvalue weighted by Crippen LogP contribution is 2.17. The van der Waals surface area contributed by atoms with Gasteiger partial charge in [0.1, 0.15) is 13.2 Å². The van der Waals surface area contributed by atoms with Crippen LogP contribution in [0.4, 0.5) is 0 Å². The van der Waals surface area contributed by atoms with Crippen LogP contribution in [-0.2, 0) is 28.6 Å². The van der Waals surface area contributed by atoms with Gasteiger partial charge in [-0.05, 0) is 116 Å². The standard InChI is InChI=1S/C74H130O6/c1-4-7-10-13-16-19-22-25-27-28-29-30-31-32-33-34-35-36-37-38-39-40-41-42-43-44-45-46-48-49-52-55-58-61-64-67-73(76)79-70-71(69-78-72(75)66-63-60-57-54-51-24-21-18-15-12-9-6-3)80-74(77)68-65-62-59-56-53-50-47-26-23-20-17-14-11-8-5-2/h7,10,16-21,25-27,29-30,47,71H,4-6,8-9,11-15,22-24,28,31-46,48-70H2,1-3H3/b10-7-,19-16-,20-17-,21-18-,27-25-,30-29-,47-26-. The molecule has 0 N–H and O–H groups in total. The van der Waals surface area contributed by atoms with E-state index in [1.807, 2.05) is 0 Å². The average Bonchev–Trinajstić information content (AvgIpc) is 3.46. The van der Waals surface area contributed by atoms with Gasteiger partial charge in [-0.1, -0.05) is 298 Å². The van der Waals surface area contributed by atoms with E-state index in [0.717, 1.165) is 116 Å². The Balaban J connectivity index is 4.07. The Hall–Kier alpha value is -3.41. The lowest BCUT2D eigenvalue weighted by Gasteiger charge is -2.18. The molecule has 462 valence electrons. The Labute approximate surface area is 496 Å². The molecule has 6 heteroatoms. The third-order valence-electron chi connectivity index (χ3n) is 15.1. The van der Waals surface area contributed by atoms with Gasteiger partial charge in [-0.3, -0.25) is 14.4 Å². The first-order chi connectivity index (χ1) is 39.5. The summed E-state index contributed by atoms with van der Waals surface area (Å²) in [5, 5.41) is 0. The first kappa shape index (κ1) is 76.6. The zero-order chi connectivity index (χ0) is 57.8. The number of allylic oxidation sites excluding steroid dienone is 14. The van der Waals surface area contributed by atoms with Crippen LogP contribution in [0.5, 0.6) is 0 Å². The van der Waals surface area contributed by atoms with E-state index < -0.39 is 6.10 Å². The maximum Gasteiger partial charge on any atom is 0.306 e. The molecule has 0 aromatic rings. The third-order valence-corrected chi connectivity index (χ3v) is 15.1. The smallest absolute Gasteiger partial charge is 0.306 e. The molecule has 0 saturated carbocycles. The normalized spacial score (nSPS) is 12.6. The molecule has 0 aliphatic heterocycles. The maximum atomic E-state index is 12.9. The van der Waals surface area contributed by atoms with Crippen molar-refractivity contribution >= 4 is 17.9 Å². The minimum atomic E-state index is -0.785. The van der Waals surface area contributed by atoms with Crippen molar-refractivity contribution in [3.8, 4) is 0 Å². The molecule has 6 nitrogen and oxygen atoms in total. The molecule has 0 aromatic carbocycles. The van der Waals surface area contributed by atoms with Crippen LogP contribution < -0.4 is 0 Å². The number of ether oxygens (including phenoxy) is 3. The van der Waals surface area contributed by atoms with Crippen LogP contribution >= 0.6 is 0 Å². The van der Waals surface area contributed by atoms with Gasteiger partial charge in [0, 0.05) is 19.3 Å². The van der Waals surface area contributed by atoms with Gasteiger partial charge in [0.25, 0.3) is 0 Å². The molecule has 0 heterocycles. The molecule has 0 amide bonds. The Morgan fingerprint density at radius 2 is 0.487 bits per heavy atom. The number of hydrogen-bond acceptors (Lipinski definition) is 6. The molecule has 80 heavy (non-hydrogen) atoms. The van der Waals surface area contributed by atoms with Crippen molar-refractivity contribution in [2.75, 3.05) is 13.2 Å². The molecule has 0 aromatic heterocycles. The van der Waals surface area contributed by atoms with Crippen LogP contribution in [0.1, 0.15) is 348 Å². The number of unbranched alkanes of at least 4 members (excludes halogenated alkanes) is 38. The molecule has 0 saturated heterocycles. The summed E-state index contributed by atoms with van der Waals surface area (Å²) in [4.78, 5) is 38.3. The molecule has 0 fully saturated rings. The maximum absolute atomic E-state index is 12.9. The number of carbonyl (C=O) groups excluding carboxylic acids is 3. The number of hydrogen-bond donors (Lipinski definition) is 0. The molecule has 1 unspecified atom stereocenters. The van der Waals surface area contributed by atoms with Gasteiger partial charge in [0.05, 0.1) is 0 Å². The SMILES string of the molecule is CC/C=C\C/C=C\C/C=C\C/C=C\CCCCCCCCCCCCCCCCCCCCCCCCC(=O)OCC(COC(=O)CCCCCCC/C=C\CCCCC)OC(=O)CCCCCCC/C=C\C/C=C\CCCCC. The highest BCUT2D eigenvalue weighted by molar-refractivity contribution is 5.71. The Bertz CT molecular complexity index is 1520. The first-order valence-electron chi connectivity index (χ1n) is 34.6. The molecular formula is C74H130O6. The van der Waals surface area contributed by atoms with Crippen molar-refractivity contribution in [1.82, 2.24) is 0 Å². The predicted molar refractivity (Wildman–Crippen MR) is 348 cm³/mol. The zero-order valence-electron chi connectivity index (χ0n) is 53.1. The second-order valence-electron chi connectivity index (χ2n) is 23.1. The Kier molecular flexibility index (Phi) is 65.2. The predicted octanol–water partition coefficient (Wildman–Crippen LogP) is 23.8. The number of esters is 3. The van der Waals surface area contributed by atoms with E-state index in [9.17, 15) is 14.4 Å². The molecule has 0 rings (SSSR count). The second kappa shape index (κ2) is 68.1. The zero-order valence-corrected chi connectivity index (χ0v) is 53.1. The molecule has 0 bridgehead atoms. The van der Waals surface area contributed by atoms with Gasteiger partial charge in [-0.2, -0.15) is 0 Å². The summed E-state index contributed by atoms with van der Waals surface area (Å²) in [5.41, 5.74) is 0. The lowest BCUT2D eigenvalue weighted by Crippen LogP contribution is -2.30. The lowest BCUT2D eigenvalue weighted by molar-refractivity contribution is -0.167. The van der Waals surface area contributed by atoms with Crippen LogP contribution in [0.15, 0.2) is 85.1 Å². The van der Waals surface area contributed by atoms with Crippen LogP contribution in [0.2, 0.25) is 0 Å². The quantitative estimate of drug-likeness (QED) is 0.0261. The summed E-state index contributed by atoms with van der Waals surface area (Å²) >= 11 is 0. The third kappa shape index (κ3) is 65.4. The first-order valence-corrected chi connectivity index (χ1v) is 34.6. The van der Waals surface area contributed by atoms with Crippen LogP contribution in [0.25, 0.3) is 0 Å². The fraction of sp³-hybridized carbons (Fsp3) is 0.770. The highest BCUT2D eigenvalue weighted by atomic mass is 16.6. The van der Waals surface area contributed by atoms with E-state index in [1.165, 1.54) is 193 Å². The number of rotatable bonds is 63. The topological polar surface area (TPSA) is 78.9 Å². The molecule has 0 radical (unpaired) electrons. The van der Waals surface area contributed by atoms with Gasteiger partial charge in [0.2, 0.25) is 0 Å². The van der Waals surface area contributed by atoms with Crippen LogP contribution in [-0.4, -0.2) is 37.2 Å². The van der Waals surface area contributed by atoms with Crippen molar-refractivity contribution in [2.24, 2.45) is 0 Å². The van der Waals surface area contributed by atoms with Crippen molar-refractivity contribution < 1.29 is 28.6 Å². The number of carbonyl (C=O) groups is 3. The van der Waals surface area contributed by atoms with Gasteiger partial charge in [0.15, 0.2) is 6.10 Å². The van der Waals surface area contributed by atoms with Gasteiger partial charge in [-0.15, -0.1) is 0 Å². The summed E-state index contributed by atoms with van der Waals surface area (Å²) in [7, 11) is 0. The molecule has 1 atom stereocenters. The molecular weight excluding hydrogens is 985 g/mol.